The summed E-state index contributed by atoms with van der Waals surface area (Å²) in [5.41, 5.74) is 3.53. The fourth-order valence-corrected chi connectivity index (χ4v) is 1.35. The van der Waals surface area contributed by atoms with Gasteiger partial charge in [-0.3, -0.25) is 0 Å². The normalized spacial score (nSPS) is 9.69. The SMILES string of the molecule is CCc1ccc(CON=O)cc1C. The van der Waals surface area contributed by atoms with Gasteiger partial charge in [-0.15, -0.1) is 4.91 Å². The zero-order valence-electron chi connectivity index (χ0n) is 7.91. The van der Waals surface area contributed by atoms with Gasteiger partial charge in [-0.2, -0.15) is 0 Å². The zero-order chi connectivity index (χ0) is 9.68. The van der Waals surface area contributed by atoms with Crippen LogP contribution >= 0.6 is 0 Å². The minimum Gasteiger partial charge on any atom is -0.359 e. The van der Waals surface area contributed by atoms with E-state index in [1.807, 2.05) is 12.1 Å². The molecule has 3 nitrogen and oxygen atoms in total. The minimum absolute atomic E-state index is 0.258. The lowest BCUT2D eigenvalue weighted by Gasteiger charge is -2.04. The van der Waals surface area contributed by atoms with Crippen LogP contribution in [-0.2, 0) is 17.9 Å². The highest BCUT2D eigenvalue weighted by molar-refractivity contribution is 5.30. The van der Waals surface area contributed by atoms with E-state index in [1.54, 1.807) is 0 Å². The highest BCUT2D eigenvalue weighted by Crippen LogP contribution is 2.12. The Bertz CT molecular complexity index is 297. The number of benzene rings is 1. The highest BCUT2D eigenvalue weighted by atomic mass is 16.7. The topological polar surface area (TPSA) is 38.7 Å². The molecule has 0 saturated carbocycles. The van der Waals surface area contributed by atoms with Gasteiger partial charge in [-0.1, -0.05) is 25.1 Å². The van der Waals surface area contributed by atoms with Gasteiger partial charge in [0.2, 0.25) is 0 Å². The summed E-state index contributed by atoms with van der Waals surface area (Å²) in [7, 11) is 0. The maximum absolute atomic E-state index is 9.71. The number of rotatable bonds is 4. The standard InChI is InChI=1S/C10H13NO2/c1-3-10-5-4-9(6-8(10)2)7-13-11-12/h4-6H,3,7H2,1-2H3. The third-order valence-electron chi connectivity index (χ3n) is 2.07. The summed E-state index contributed by atoms with van der Waals surface area (Å²) in [5.74, 6) is 0. The fraction of sp³-hybridized carbons (Fsp3) is 0.400. The van der Waals surface area contributed by atoms with Crippen LogP contribution in [0.25, 0.3) is 0 Å². The van der Waals surface area contributed by atoms with E-state index in [0.29, 0.717) is 0 Å². The monoisotopic (exact) mass is 179 g/mol. The van der Waals surface area contributed by atoms with E-state index in [0.717, 1.165) is 12.0 Å². The summed E-state index contributed by atoms with van der Waals surface area (Å²) in [6.07, 6.45) is 1.03. The van der Waals surface area contributed by atoms with E-state index in [1.165, 1.54) is 11.1 Å². The Kier molecular flexibility index (Phi) is 3.43. The summed E-state index contributed by atoms with van der Waals surface area (Å²) >= 11 is 0. The van der Waals surface area contributed by atoms with E-state index in [9.17, 15) is 4.91 Å². The van der Waals surface area contributed by atoms with Gasteiger partial charge in [0.05, 0.1) is 0 Å². The fourth-order valence-electron chi connectivity index (χ4n) is 1.35. The molecule has 0 aliphatic rings. The summed E-state index contributed by atoms with van der Waals surface area (Å²) in [5, 5.41) is 2.35. The Hall–Kier alpha value is -1.38. The van der Waals surface area contributed by atoms with Crippen LogP contribution < -0.4 is 0 Å². The van der Waals surface area contributed by atoms with Gasteiger partial charge in [-0.05, 0) is 30.0 Å². The van der Waals surface area contributed by atoms with Gasteiger partial charge < -0.3 is 4.84 Å². The Morgan fingerprint density at radius 3 is 2.77 bits per heavy atom. The molecule has 0 bridgehead atoms. The molecule has 0 radical (unpaired) electrons. The molecular formula is C10H13NO2. The van der Waals surface area contributed by atoms with Gasteiger partial charge in [0.1, 0.15) is 6.61 Å². The van der Waals surface area contributed by atoms with Crippen LogP contribution in [0.3, 0.4) is 0 Å². The van der Waals surface area contributed by atoms with Crippen molar-refractivity contribution in [1.29, 1.82) is 0 Å². The summed E-state index contributed by atoms with van der Waals surface area (Å²) < 4.78 is 0. The Morgan fingerprint density at radius 2 is 2.23 bits per heavy atom. The first kappa shape index (κ1) is 9.71. The second-order valence-electron chi connectivity index (χ2n) is 2.96. The molecule has 0 saturated heterocycles. The van der Waals surface area contributed by atoms with Crippen LogP contribution in [0.2, 0.25) is 0 Å². The molecule has 1 rings (SSSR count). The number of aryl methyl sites for hydroxylation is 2. The molecule has 0 fully saturated rings. The maximum atomic E-state index is 9.71. The van der Waals surface area contributed by atoms with E-state index < -0.39 is 0 Å². The Balaban J connectivity index is 2.76. The summed E-state index contributed by atoms with van der Waals surface area (Å²) in [6.45, 7) is 4.43. The maximum Gasteiger partial charge on any atom is 0.155 e. The molecule has 0 unspecified atom stereocenters. The van der Waals surface area contributed by atoms with E-state index >= 15 is 0 Å². The molecule has 1 aromatic carbocycles. The van der Waals surface area contributed by atoms with Crippen LogP contribution in [-0.4, -0.2) is 0 Å². The van der Waals surface area contributed by atoms with Crippen LogP contribution in [0.15, 0.2) is 23.5 Å². The van der Waals surface area contributed by atoms with E-state index in [2.05, 4.69) is 30.1 Å². The Morgan fingerprint density at radius 1 is 1.46 bits per heavy atom. The molecule has 70 valence electrons. The zero-order valence-corrected chi connectivity index (χ0v) is 7.91. The van der Waals surface area contributed by atoms with Gasteiger partial charge in [0.25, 0.3) is 0 Å². The predicted molar refractivity (Wildman–Crippen MR) is 51.1 cm³/mol. The predicted octanol–water partition coefficient (Wildman–Crippen LogP) is 2.76. The number of hydrogen-bond acceptors (Lipinski definition) is 3. The van der Waals surface area contributed by atoms with Crippen molar-refractivity contribution in [2.45, 2.75) is 26.9 Å². The molecule has 0 aliphatic heterocycles. The van der Waals surface area contributed by atoms with Crippen molar-refractivity contribution < 1.29 is 4.84 Å². The van der Waals surface area contributed by atoms with Crippen molar-refractivity contribution in [3.05, 3.63) is 39.8 Å². The van der Waals surface area contributed by atoms with Crippen LogP contribution in [0.4, 0.5) is 0 Å². The van der Waals surface area contributed by atoms with Crippen molar-refractivity contribution in [2.75, 3.05) is 0 Å². The van der Waals surface area contributed by atoms with E-state index in [4.69, 9.17) is 0 Å². The first-order chi connectivity index (χ1) is 6.27. The smallest absolute Gasteiger partial charge is 0.155 e. The average molecular weight is 179 g/mol. The number of nitrogens with zero attached hydrogens (tertiary/aromatic N) is 1. The second-order valence-corrected chi connectivity index (χ2v) is 2.96. The van der Waals surface area contributed by atoms with Gasteiger partial charge >= 0.3 is 0 Å². The van der Waals surface area contributed by atoms with Crippen LogP contribution in [0.1, 0.15) is 23.6 Å². The minimum atomic E-state index is 0.258. The molecule has 0 aromatic heterocycles. The van der Waals surface area contributed by atoms with Crippen LogP contribution in [0.5, 0.6) is 0 Å². The molecule has 1 aromatic rings. The first-order valence-corrected chi connectivity index (χ1v) is 4.31. The third kappa shape index (κ3) is 2.54. The lowest BCUT2D eigenvalue weighted by atomic mass is 10.0. The third-order valence-corrected chi connectivity index (χ3v) is 2.07. The van der Waals surface area contributed by atoms with Crippen molar-refractivity contribution in [3.8, 4) is 0 Å². The molecule has 0 atom stereocenters. The van der Waals surface area contributed by atoms with Gasteiger partial charge in [0.15, 0.2) is 5.34 Å². The van der Waals surface area contributed by atoms with Crippen molar-refractivity contribution in [2.24, 2.45) is 5.34 Å². The van der Waals surface area contributed by atoms with Crippen molar-refractivity contribution in [3.63, 3.8) is 0 Å². The number of hydrogen-bond donors (Lipinski definition) is 0. The largest absolute Gasteiger partial charge is 0.359 e. The first-order valence-electron chi connectivity index (χ1n) is 4.31. The van der Waals surface area contributed by atoms with E-state index in [-0.39, 0.29) is 6.61 Å². The quantitative estimate of drug-likeness (QED) is 0.526. The second kappa shape index (κ2) is 4.60. The molecule has 0 N–H and O–H groups in total. The van der Waals surface area contributed by atoms with Gasteiger partial charge in [0, 0.05) is 0 Å². The molecule has 0 amide bonds. The Labute approximate surface area is 77.7 Å². The summed E-state index contributed by atoms with van der Waals surface area (Å²) in [6, 6.07) is 6.03. The van der Waals surface area contributed by atoms with Crippen molar-refractivity contribution >= 4 is 0 Å². The van der Waals surface area contributed by atoms with Crippen molar-refractivity contribution in [1.82, 2.24) is 0 Å². The molecule has 0 heterocycles. The molecular weight excluding hydrogens is 166 g/mol. The molecule has 3 heteroatoms. The van der Waals surface area contributed by atoms with Gasteiger partial charge in [-0.25, -0.2) is 0 Å². The highest BCUT2D eigenvalue weighted by Gasteiger charge is 1.98. The average Bonchev–Trinajstić information content (AvgIpc) is 2.15. The van der Waals surface area contributed by atoms with Crippen LogP contribution in [0, 0.1) is 11.8 Å². The molecule has 0 spiro atoms. The lowest BCUT2D eigenvalue weighted by molar-refractivity contribution is 0.126. The molecule has 13 heavy (non-hydrogen) atoms. The summed E-state index contributed by atoms with van der Waals surface area (Å²) in [4.78, 5) is 14.1. The lowest BCUT2D eigenvalue weighted by Crippen LogP contribution is -1.91. The molecule has 0 aliphatic carbocycles.